The highest BCUT2D eigenvalue weighted by Gasteiger charge is 2.32. The van der Waals surface area contributed by atoms with Crippen molar-refractivity contribution in [2.24, 2.45) is 0 Å². The molecule has 3 amide bonds. The van der Waals surface area contributed by atoms with Crippen LogP contribution in [0.4, 0.5) is 28.9 Å². The second-order valence-electron chi connectivity index (χ2n) is 11.3. The zero-order valence-electron chi connectivity index (χ0n) is 27.4. The molecule has 0 aliphatic carbocycles. The van der Waals surface area contributed by atoms with Crippen molar-refractivity contribution in [3.05, 3.63) is 80.5 Å². The minimum Gasteiger partial charge on any atom is -0.460 e. The van der Waals surface area contributed by atoms with Gasteiger partial charge in [-0.2, -0.15) is 22.7 Å². The third kappa shape index (κ3) is 8.39. The number of rotatable bonds is 12. The van der Waals surface area contributed by atoms with E-state index >= 15 is 0 Å². The highest BCUT2D eigenvalue weighted by Crippen LogP contribution is 2.34. The van der Waals surface area contributed by atoms with Crippen molar-refractivity contribution >= 4 is 46.5 Å². The number of methoxy groups -OCH3 is 1. The number of aromatic nitrogens is 4. The van der Waals surface area contributed by atoms with E-state index in [1.54, 1.807) is 11.8 Å². The van der Waals surface area contributed by atoms with Crippen LogP contribution in [0.2, 0.25) is 5.02 Å². The molecule has 1 saturated heterocycles. The molecule has 51 heavy (non-hydrogen) atoms. The predicted molar refractivity (Wildman–Crippen MR) is 177 cm³/mol. The molecule has 1 aliphatic heterocycles. The summed E-state index contributed by atoms with van der Waals surface area (Å²) in [6.07, 6.45) is -4.39. The summed E-state index contributed by atoms with van der Waals surface area (Å²) >= 11 is 6.06. The lowest BCUT2D eigenvalue weighted by molar-refractivity contribution is -0.137. The van der Waals surface area contributed by atoms with Gasteiger partial charge in [0.2, 0.25) is 17.6 Å². The Morgan fingerprint density at radius 1 is 1.04 bits per heavy atom. The maximum absolute atomic E-state index is 14.0. The van der Waals surface area contributed by atoms with Gasteiger partial charge < -0.3 is 34.5 Å². The number of hydrogen-bond donors (Lipinski definition) is 2. The SMILES string of the molecule is CCc1c(N2CCN(C(=O)CNC(=O)c3ccccc3F)CC2)c(=O)n2nc(OCCOC)nc2n1CC(=O)Nc1ccc(C(F)(F)F)cc1Cl. The normalized spacial score (nSPS) is 13.4. The van der Waals surface area contributed by atoms with Crippen molar-refractivity contribution in [2.75, 3.05) is 63.3 Å². The number of anilines is 2. The number of carbonyl (C=O) groups is 3. The fourth-order valence-corrected chi connectivity index (χ4v) is 5.73. The highest BCUT2D eigenvalue weighted by molar-refractivity contribution is 6.33. The van der Waals surface area contributed by atoms with E-state index in [4.69, 9.17) is 21.1 Å². The molecule has 0 unspecified atom stereocenters. The summed E-state index contributed by atoms with van der Waals surface area (Å²) in [4.78, 5) is 60.2. The smallest absolute Gasteiger partial charge is 0.416 e. The minimum atomic E-state index is -4.63. The van der Waals surface area contributed by atoms with Crippen molar-refractivity contribution in [3.8, 4) is 6.01 Å². The Kier molecular flexibility index (Phi) is 11.4. The van der Waals surface area contributed by atoms with E-state index in [-0.39, 0.29) is 86.1 Å². The average molecular weight is 737 g/mol. The summed E-state index contributed by atoms with van der Waals surface area (Å²) in [5, 5.41) is 8.83. The second-order valence-corrected chi connectivity index (χ2v) is 11.7. The zero-order chi connectivity index (χ0) is 36.9. The van der Waals surface area contributed by atoms with E-state index in [0.717, 1.165) is 22.7 Å². The number of alkyl halides is 3. The van der Waals surface area contributed by atoms with Gasteiger partial charge in [0, 0.05) is 33.3 Å². The van der Waals surface area contributed by atoms with E-state index < -0.39 is 47.4 Å². The molecule has 272 valence electrons. The van der Waals surface area contributed by atoms with Gasteiger partial charge >= 0.3 is 12.2 Å². The maximum atomic E-state index is 14.0. The molecule has 1 aliphatic rings. The Bertz CT molecular complexity index is 1990. The largest absolute Gasteiger partial charge is 0.460 e. The maximum Gasteiger partial charge on any atom is 0.416 e. The Morgan fingerprint density at radius 2 is 1.76 bits per heavy atom. The summed E-state index contributed by atoms with van der Waals surface area (Å²) in [6.45, 7) is 1.97. The fourth-order valence-electron chi connectivity index (χ4n) is 5.50. The van der Waals surface area contributed by atoms with E-state index in [2.05, 4.69) is 20.7 Å². The molecule has 0 saturated carbocycles. The molecule has 0 radical (unpaired) electrons. The van der Waals surface area contributed by atoms with Crippen LogP contribution in [0.1, 0.15) is 28.5 Å². The Hall–Kier alpha value is -5.23. The monoisotopic (exact) mass is 736 g/mol. The van der Waals surface area contributed by atoms with Crippen LogP contribution < -0.4 is 25.8 Å². The summed E-state index contributed by atoms with van der Waals surface area (Å²) < 4.78 is 66.4. The number of nitrogens with one attached hydrogen (secondary N) is 2. The molecule has 2 aromatic carbocycles. The topological polar surface area (TPSA) is 152 Å². The lowest BCUT2D eigenvalue weighted by atomic mass is 10.2. The lowest BCUT2D eigenvalue weighted by Gasteiger charge is -2.36. The zero-order valence-corrected chi connectivity index (χ0v) is 28.2. The van der Waals surface area contributed by atoms with Crippen LogP contribution in [0.25, 0.3) is 5.78 Å². The van der Waals surface area contributed by atoms with Crippen LogP contribution in [0, 0.1) is 5.82 Å². The van der Waals surface area contributed by atoms with E-state index in [0.29, 0.717) is 11.8 Å². The van der Waals surface area contributed by atoms with Crippen LogP contribution in [0.15, 0.2) is 47.3 Å². The van der Waals surface area contributed by atoms with E-state index in [1.807, 2.05) is 0 Å². The second kappa shape index (κ2) is 15.8. The van der Waals surface area contributed by atoms with Gasteiger partial charge in [0.15, 0.2) is 0 Å². The van der Waals surface area contributed by atoms with Crippen molar-refractivity contribution < 1.29 is 41.4 Å². The number of fused-ring (bicyclic) bond motifs is 1. The van der Waals surface area contributed by atoms with Crippen LogP contribution in [0.3, 0.4) is 0 Å². The molecule has 3 heterocycles. The van der Waals surface area contributed by atoms with Crippen molar-refractivity contribution in [3.63, 3.8) is 0 Å². The number of halogens is 5. The first-order chi connectivity index (χ1) is 24.3. The summed E-state index contributed by atoms with van der Waals surface area (Å²) in [6, 6.07) is 7.77. The third-order valence-corrected chi connectivity index (χ3v) is 8.31. The number of benzene rings is 2. The third-order valence-electron chi connectivity index (χ3n) is 8.00. The molecule has 14 nitrogen and oxygen atoms in total. The van der Waals surface area contributed by atoms with Crippen LogP contribution in [0.5, 0.6) is 6.01 Å². The van der Waals surface area contributed by atoms with Crippen LogP contribution in [-0.4, -0.2) is 94.8 Å². The Morgan fingerprint density at radius 3 is 2.41 bits per heavy atom. The summed E-state index contributed by atoms with van der Waals surface area (Å²) in [5.41, 5.74) is -1.20. The highest BCUT2D eigenvalue weighted by atomic mass is 35.5. The van der Waals surface area contributed by atoms with E-state index in [9.17, 15) is 36.7 Å². The number of piperazine rings is 1. The molecule has 4 aromatic rings. The molecule has 0 bridgehead atoms. The van der Waals surface area contributed by atoms with Gasteiger partial charge in [-0.15, -0.1) is 5.10 Å². The molecule has 5 rings (SSSR count). The van der Waals surface area contributed by atoms with Crippen LogP contribution >= 0.6 is 11.6 Å². The van der Waals surface area contributed by atoms with Gasteiger partial charge in [-0.3, -0.25) is 19.2 Å². The van der Waals surface area contributed by atoms with Crippen molar-refractivity contribution in [2.45, 2.75) is 26.1 Å². The quantitative estimate of drug-likeness (QED) is 0.165. The van der Waals surface area contributed by atoms with Crippen molar-refractivity contribution in [1.82, 2.24) is 29.4 Å². The molecular weight excluding hydrogens is 704 g/mol. The lowest BCUT2D eigenvalue weighted by Crippen LogP contribution is -2.52. The molecule has 2 aromatic heterocycles. The van der Waals surface area contributed by atoms with Crippen molar-refractivity contribution in [1.29, 1.82) is 0 Å². The van der Waals surface area contributed by atoms with Gasteiger partial charge in [-0.25, -0.2) is 4.39 Å². The number of nitrogens with zero attached hydrogens (tertiary/aromatic N) is 6. The number of hydrogen-bond acceptors (Lipinski definition) is 9. The molecule has 0 atom stereocenters. The van der Waals surface area contributed by atoms with Gasteiger partial charge in [-0.1, -0.05) is 30.7 Å². The van der Waals surface area contributed by atoms with Crippen LogP contribution in [-0.2, 0) is 33.5 Å². The molecular formula is C32H33ClF4N8O6. The average Bonchev–Trinajstić information content (AvgIpc) is 3.53. The minimum absolute atomic E-state index is 0.0268. The first-order valence-electron chi connectivity index (χ1n) is 15.7. The summed E-state index contributed by atoms with van der Waals surface area (Å²) in [7, 11) is 1.47. The Balaban J connectivity index is 1.38. The van der Waals surface area contributed by atoms with Gasteiger partial charge in [0.1, 0.15) is 24.7 Å². The first kappa shape index (κ1) is 37.0. The Labute approximate surface area is 292 Å². The van der Waals surface area contributed by atoms with E-state index in [1.165, 1.54) is 34.8 Å². The fraction of sp³-hybridized carbons (Fsp3) is 0.375. The number of carbonyl (C=O) groups excluding carboxylic acids is 3. The molecule has 1 fully saturated rings. The predicted octanol–water partition coefficient (Wildman–Crippen LogP) is 3.01. The van der Waals surface area contributed by atoms with Gasteiger partial charge in [0.25, 0.3) is 11.5 Å². The molecule has 0 spiro atoms. The molecule has 19 heteroatoms. The standard InChI is InChI=1S/C32H33ClF4N8O6/c1-3-24-27(43-12-10-42(11-13-43)26(47)17-38-28(48)20-6-4-5-7-22(20)34)29(49)45-31(40-30(41-45)51-15-14-50-2)44(24)18-25(46)39-23-9-8-19(16-21(23)33)32(35,36)37/h4-9,16H,3,10-15,17-18H2,1-2H3,(H,38,48)(H,39,46). The number of amides is 3. The summed E-state index contributed by atoms with van der Waals surface area (Å²) in [5.74, 6) is -2.56. The van der Waals surface area contributed by atoms with Gasteiger partial charge in [-0.05, 0) is 36.8 Å². The van der Waals surface area contributed by atoms with Gasteiger partial charge in [0.05, 0.1) is 40.7 Å². The number of ether oxygens (including phenoxy) is 2. The molecule has 2 N–H and O–H groups in total. The first-order valence-corrected chi connectivity index (χ1v) is 16.1.